The molecule has 0 aliphatic carbocycles. The van der Waals surface area contributed by atoms with Crippen LogP contribution in [0.4, 0.5) is 0 Å². The molecule has 0 amide bonds. The number of hydrogen-bond donors (Lipinski definition) is 0. The zero-order valence-corrected chi connectivity index (χ0v) is 24.9. The predicted molar refractivity (Wildman–Crippen MR) is 187 cm³/mol. The van der Waals surface area contributed by atoms with Crippen LogP contribution in [0.1, 0.15) is 0 Å². The second kappa shape index (κ2) is 10.4. The van der Waals surface area contributed by atoms with Gasteiger partial charge in [-0.3, -0.25) is 4.98 Å². The molecule has 9 rings (SSSR count). The lowest BCUT2D eigenvalue weighted by Crippen LogP contribution is -2.01. The number of hydrogen-bond acceptors (Lipinski definition) is 5. The second-order valence-corrected chi connectivity index (χ2v) is 12.2. The van der Waals surface area contributed by atoms with Gasteiger partial charge in [-0.05, 0) is 45.5 Å². The van der Waals surface area contributed by atoms with Gasteiger partial charge in [0.25, 0.3) is 0 Å². The van der Waals surface area contributed by atoms with E-state index in [0.717, 1.165) is 38.6 Å². The number of thiophene rings is 1. The van der Waals surface area contributed by atoms with Crippen LogP contribution in [-0.4, -0.2) is 19.9 Å². The highest BCUT2D eigenvalue weighted by molar-refractivity contribution is 7.26. The number of benzene rings is 6. The van der Waals surface area contributed by atoms with Crippen LogP contribution in [0, 0.1) is 0 Å². The predicted octanol–water partition coefficient (Wildman–Crippen LogP) is 10.6. The van der Waals surface area contributed by atoms with E-state index in [2.05, 4.69) is 114 Å². The fourth-order valence-electron chi connectivity index (χ4n) is 6.27. The van der Waals surface area contributed by atoms with Crippen molar-refractivity contribution in [2.24, 2.45) is 0 Å². The van der Waals surface area contributed by atoms with Crippen molar-refractivity contribution in [3.05, 3.63) is 146 Å². The summed E-state index contributed by atoms with van der Waals surface area (Å²) in [4.78, 5) is 19.7. The molecule has 5 heteroatoms. The van der Waals surface area contributed by atoms with Gasteiger partial charge in [-0.15, -0.1) is 11.3 Å². The Hall–Kier alpha value is -5.78. The van der Waals surface area contributed by atoms with E-state index in [1.54, 1.807) is 11.3 Å². The van der Waals surface area contributed by atoms with E-state index in [0.29, 0.717) is 17.5 Å². The minimum Gasteiger partial charge on any atom is -0.264 e. The fraction of sp³-hybridized carbons (Fsp3) is 0. The topological polar surface area (TPSA) is 51.6 Å². The Morgan fingerprint density at radius 1 is 0.422 bits per heavy atom. The SMILES string of the molecule is c1ccc(-c2nc(-c3cc(-c4ccccc4)c4ccccc4c3)nc(-c3cccc4c3ccc3c5cnccc5sc43)n2)cc1. The second-order valence-electron chi connectivity index (χ2n) is 11.1. The Bertz CT molecular complexity index is 2540. The third kappa shape index (κ3) is 4.36. The maximum Gasteiger partial charge on any atom is 0.164 e. The van der Waals surface area contributed by atoms with Crippen molar-refractivity contribution < 1.29 is 0 Å². The summed E-state index contributed by atoms with van der Waals surface area (Å²) < 4.78 is 2.48. The van der Waals surface area contributed by atoms with E-state index in [-0.39, 0.29) is 0 Å². The van der Waals surface area contributed by atoms with Crippen LogP contribution in [0.2, 0.25) is 0 Å². The number of aromatic nitrogens is 4. The molecule has 0 spiro atoms. The first kappa shape index (κ1) is 25.7. The standard InChI is InChI=1S/C40H24N4S/c1-3-10-25(11-4-1)34-23-28(22-27-14-7-8-15-29(27)34)39-42-38(26-12-5-2-6-13-26)43-40(44-39)33-17-9-16-31-30(33)18-19-32-35-24-41-21-20-36(35)45-37(31)32/h1-24H. The van der Waals surface area contributed by atoms with Crippen LogP contribution < -0.4 is 0 Å². The molecule has 0 radical (unpaired) electrons. The van der Waals surface area contributed by atoms with Crippen molar-refractivity contribution in [2.75, 3.05) is 0 Å². The number of fused-ring (bicyclic) bond motifs is 6. The van der Waals surface area contributed by atoms with Crippen LogP contribution in [0.25, 0.3) is 87.0 Å². The summed E-state index contributed by atoms with van der Waals surface area (Å²) in [6, 6.07) is 46.5. The van der Waals surface area contributed by atoms with Gasteiger partial charge in [0.2, 0.25) is 0 Å². The highest BCUT2D eigenvalue weighted by Gasteiger charge is 2.17. The van der Waals surface area contributed by atoms with Crippen molar-refractivity contribution in [2.45, 2.75) is 0 Å². The van der Waals surface area contributed by atoms with Crippen LogP contribution in [0.15, 0.2) is 146 Å². The van der Waals surface area contributed by atoms with E-state index < -0.39 is 0 Å². The Kier molecular flexibility index (Phi) is 5.96. The molecule has 3 aromatic heterocycles. The molecule has 0 aliphatic heterocycles. The van der Waals surface area contributed by atoms with Gasteiger partial charge in [0.1, 0.15) is 0 Å². The third-order valence-corrected chi connectivity index (χ3v) is 9.63. The van der Waals surface area contributed by atoms with E-state index in [1.807, 2.05) is 36.7 Å². The molecule has 3 heterocycles. The van der Waals surface area contributed by atoms with Gasteiger partial charge in [-0.2, -0.15) is 0 Å². The third-order valence-electron chi connectivity index (χ3n) is 8.41. The summed E-state index contributed by atoms with van der Waals surface area (Å²) >= 11 is 1.80. The monoisotopic (exact) mass is 592 g/mol. The molecule has 0 aliphatic rings. The Morgan fingerprint density at radius 3 is 1.93 bits per heavy atom. The van der Waals surface area contributed by atoms with Gasteiger partial charge in [0, 0.05) is 54.6 Å². The number of nitrogens with zero attached hydrogens (tertiary/aromatic N) is 4. The largest absolute Gasteiger partial charge is 0.264 e. The average molecular weight is 593 g/mol. The smallest absolute Gasteiger partial charge is 0.164 e. The van der Waals surface area contributed by atoms with E-state index in [4.69, 9.17) is 15.0 Å². The lowest BCUT2D eigenvalue weighted by atomic mass is 9.95. The maximum absolute atomic E-state index is 5.19. The van der Waals surface area contributed by atoms with Crippen molar-refractivity contribution >= 4 is 53.1 Å². The van der Waals surface area contributed by atoms with Crippen LogP contribution in [0.5, 0.6) is 0 Å². The minimum absolute atomic E-state index is 0.646. The van der Waals surface area contributed by atoms with Crippen LogP contribution >= 0.6 is 11.3 Å². The van der Waals surface area contributed by atoms with Gasteiger partial charge in [0.05, 0.1) is 0 Å². The molecule has 0 bridgehead atoms. The van der Waals surface area contributed by atoms with Gasteiger partial charge in [-0.1, -0.05) is 115 Å². The lowest BCUT2D eigenvalue weighted by molar-refractivity contribution is 1.08. The summed E-state index contributed by atoms with van der Waals surface area (Å²) in [6.45, 7) is 0. The summed E-state index contributed by atoms with van der Waals surface area (Å²) in [5, 5.41) is 7.05. The highest BCUT2D eigenvalue weighted by Crippen LogP contribution is 2.41. The number of rotatable bonds is 4. The van der Waals surface area contributed by atoms with Crippen LogP contribution in [-0.2, 0) is 0 Å². The van der Waals surface area contributed by atoms with Crippen molar-refractivity contribution in [1.82, 2.24) is 19.9 Å². The summed E-state index contributed by atoms with van der Waals surface area (Å²) in [6.07, 6.45) is 3.82. The van der Waals surface area contributed by atoms with Crippen molar-refractivity contribution in [1.29, 1.82) is 0 Å². The van der Waals surface area contributed by atoms with Gasteiger partial charge < -0.3 is 0 Å². The molecule has 0 fully saturated rings. The molecule has 0 unspecified atom stereocenters. The molecule has 0 atom stereocenters. The molecule has 0 N–H and O–H groups in total. The zero-order valence-electron chi connectivity index (χ0n) is 24.1. The van der Waals surface area contributed by atoms with Gasteiger partial charge in [-0.25, -0.2) is 15.0 Å². The molecule has 0 saturated carbocycles. The van der Waals surface area contributed by atoms with E-state index >= 15 is 0 Å². The van der Waals surface area contributed by atoms with Gasteiger partial charge in [0.15, 0.2) is 17.5 Å². The fourth-order valence-corrected chi connectivity index (χ4v) is 7.47. The molecular formula is C40H24N4S. The normalized spacial score (nSPS) is 11.6. The average Bonchev–Trinajstić information content (AvgIpc) is 3.51. The molecule has 9 aromatic rings. The maximum atomic E-state index is 5.19. The molecule has 6 aromatic carbocycles. The minimum atomic E-state index is 0.646. The van der Waals surface area contributed by atoms with Gasteiger partial charge >= 0.3 is 0 Å². The molecule has 210 valence electrons. The lowest BCUT2D eigenvalue weighted by Gasteiger charge is -2.13. The van der Waals surface area contributed by atoms with E-state index in [9.17, 15) is 0 Å². The van der Waals surface area contributed by atoms with Crippen LogP contribution in [0.3, 0.4) is 0 Å². The summed E-state index contributed by atoms with van der Waals surface area (Å²) in [7, 11) is 0. The zero-order chi connectivity index (χ0) is 29.7. The Labute approximate surface area is 263 Å². The first-order chi connectivity index (χ1) is 22.3. The highest BCUT2D eigenvalue weighted by atomic mass is 32.1. The van der Waals surface area contributed by atoms with E-state index in [1.165, 1.54) is 30.9 Å². The molecule has 0 saturated heterocycles. The molecular weight excluding hydrogens is 569 g/mol. The quantitative estimate of drug-likeness (QED) is 0.204. The Morgan fingerprint density at radius 2 is 1.09 bits per heavy atom. The Balaban J connectivity index is 1.30. The number of pyridine rings is 1. The summed E-state index contributed by atoms with van der Waals surface area (Å²) in [5.74, 6) is 1.95. The molecule has 4 nitrogen and oxygen atoms in total. The van der Waals surface area contributed by atoms with Crippen molar-refractivity contribution in [3.8, 4) is 45.3 Å². The molecule has 45 heavy (non-hydrogen) atoms. The first-order valence-electron chi connectivity index (χ1n) is 14.9. The summed E-state index contributed by atoms with van der Waals surface area (Å²) in [5.41, 5.74) is 5.19. The first-order valence-corrected chi connectivity index (χ1v) is 15.7. The van der Waals surface area contributed by atoms with Crippen molar-refractivity contribution in [3.63, 3.8) is 0 Å².